The SMILES string of the molecule is O=C(NC1CCc2c(O)cccc21)C1CCCC(C(=O)NC2CCc3c(O)cccc32)C1. The number of phenols is 2. The fraction of sp³-hybridized carbons (Fsp3) is 0.462. The van der Waals surface area contributed by atoms with Crippen molar-refractivity contribution in [1.82, 2.24) is 10.6 Å². The van der Waals surface area contributed by atoms with Crippen molar-refractivity contribution in [2.75, 3.05) is 0 Å². The van der Waals surface area contributed by atoms with Crippen LogP contribution in [0.1, 0.15) is 72.9 Å². The number of fused-ring (bicyclic) bond motifs is 2. The number of benzene rings is 2. The molecule has 0 aliphatic heterocycles. The van der Waals surface area contributed by atoms with E-state index in [1.54, 1.807) is 12.1 Å². The van der Waals surface area contributed by atoms with Crippen molar-refractivity contribution < 1.29 is 19.8 Å². The summed E-state index contributed by atoms with van der Waals surface area (Å²) in [5.74, 6) is 0.298. The van der Waals surface area contributed by atoms with E-state index in [-0.39, 0.29) is 35.7 Å². The second-order valence-electron chi connectivity index (χ2n) is 9.45. The average molecular weight is 435 g/mol. The predicted molar refractivity (Wildman–Crippen MR) is 120 cm³/mol. The largest absolute Gasteiger partial charge is 0.508 e. The summed E-state index contributed by atoms with van der Waals surface area (Å²) >= 11 is 0. The third kappa shape index (κ3) is 3.83. The highest BCUT2D eigenvalue weighted by molar-refractivity contribution is 5.83. The van der Waals surface area contributed by atoms with Crippen LogP contribution in [0.3, 0.4) is 0 Å². The van der Waals surface area contributed by atoms with E-state index >= 15 is 0 Å². The highest BCUT2D eigenvalue weighted by Gasteiger charge is 2.35. The van der Waals surface area contributed by atoms with Crippen molar-refractivity contribution in [3.05, 3.63) is 58.7 Å². The number of phenolic OH excluding ortho intramolecular Hbond substituents is 2. The van der Waals surface area contributed by atoms with Crippen LogP contribution >= 0.6 is 0 Å². The Morgan fingerprint density at radius 1 is 0.719 bits per heavy atom. The van der Waals surface area contributed by atoms with Crippen LogP contribution < -0.4 is 10.6 Å². The minimum absolute atomic E-state index is 0.0137. The molecule has 168 valence electrons. The maximum Gasteiger partial charge on any atom is 0.223 e. The van der Waals surface area contributed by atoms with Crippen molar-refractivity contribution in [2.24, 2.45) is 11.8 Å². The molecule has 4 N–H and O–H groups in total. The first-order chi connectivity index (χ1) is 15.5. The van der Waals surface area contributed by atoms with Crippen molar-refractivity contribution in [1.29, 1.82) is 0 Å². The zero-order valence-corrected chi connectivity index (χ0v) is 18.1. The Hall–Kier alpha value is -3.02. The van der Waals surface area contributed by atoms with Crippen molar-refractivity contribution in [2.45, 2.75) is 63.5 Å². The van der Waals surface area contributed by atoms with Crippen LogP contribution in [0.4, 0.5) is 0 Å². The van der Waals surface area contributed by atoms with Gasteiger partial charge in [0, 0.05) is 11.8 Å². The number of aromatic hydroxyl groups is 2. The van der Waals surface area contributed by atoms with Crippen molar-refractivity contribution in [3.63, 3.8) is 0 Å². The summed E-state index contributed by atoms with van der Waals surface area (Å²) < 4.78 is 0. The standard InChI is InChI=1S/C26H30N2O4/c29-23-8-2-6-17-19(23)10-12-21(17)27-25(31)15-4-1-5-16(14-15)26(32)28-22-13-11-20-18(22)7-3-9-24(20)30/h2-3,6-9,15-16,21-22,29-30H,1,4-5,10-14H2,(H,27,31)(H,28,32). The van der Waals surface area contributed by atoms with Crippen LogP contribution in [0.5, 0.6) is 11.5 Å². The topological polar surface area (TPSA) is 98.7 Å². The van der Waals surface area contributed by atoms with Gasteiger partial charge in [-0.2, -0.15) is 0 Å². The molecular weight excluding hydrogens is 404 g/mol. The van der Waals surface area contributed by atoms with Gasteiger partial charge in [-0.1, -0.05) is 30.7 Å². The molecule has 3 aliphatic rings. The van der Waals surface area contributed by atoms with Gasteiger partial charge < -0.3 is 20.8 Å². The van der Waals surface area contributed by atoms with E-state index in [2.05, 4.69) is 10.6 Å². The molecule has 2 aromatic rings. The summed E-state index contributed by atoms with van der Waals surface area (Å²) in [6, 6.07) is 10.8. The lowest BCUT2D eigenvalue weighted by Crippen LogP contribution is -2.40. The van der Waals surface area contributed by atoms with Gasteiger partial charge in [-0.15, -0.1) is 0 Å². The number of carbonyl (C=O) groups is 2. The molecule has 3 aliphatic carbocycles. The summed E-state index contributed by atoms with van der Waals surface area (Å²) in [4.78, 5) is 26.1. The highest BCUT2D eigenvalue weighted by Crippen LogP contribution is 2.39. The molecule has 1 fully saturated rings. The Morgan fingerprint density at radius 3 is 1.66 bits per heavy atom. The first-order valence-corrected chi connectivity index (χ1v) is 11.7. The molecule has 0 radical (unpaired) electrons. The number of hydrogen-bond donors (Lipinski definition) is 4. The molecule has 2 aromatic carbocycles. The van der Waals surface area contributed by atoms with Gasteiger partial charge in [0.2, 0.25) is 11.8 Å². The summed E-state index contributed by atoms with van der Waals surface area (Å²) in [6.07, 6.45) is 6.15. The van der Waals surface area contributed by atoms with Gasteiger partial charge >= 0.3 is 0 Å². The van der Waals surface area contributed by atoms with Crippen LogP contribution in [-0.4, -0.2) is 22.0 Å². The number of hydrogen-bond acceptors (Lipinski definition) is 4. The maximum absolute atomic E-state index is 13.0. The van der Waals surface area contributed by atoms with Crippen LogP contribution in [0.25, 0.3) is 0 Å². The third-order valence-electron chi connectivity index (χ3n) is 7.54. The quantitative estimate of drug-likeness (QED) is 0.588. The summed E-state index contributed by atoms with van der Waals surface area (Å²) in [7, 11) is 0. The lowest BCUT2D eigenvalue weighted by molar-refractivity contribution is -0.131. The number of nitrogens with one attached hydrogen (secondary N) is 2. The zero-order chi connectivity index (χ0) is 22.2. The van der Waals surface area contributed by atoms with Gasteiger partial charge in [-0.3, -0.25) is 9.59 Å². The second kappa shape index (κ2) is 8.49. The van der Waals surface area contributed by atoms with Crippen LogP contribution in [-0.2, 0) is 22.4 Å². The van der Waals surface area contributed by atoms with E-state index in [9.17, 15) is 19.8 Å². The van der Waals surface area contributed by atoms with Crippen LogP contribution in [0.15, 0.2) is 36.4 Å². The first-order valence-electron chi connectivity index (χ1n) is 11.7. The van der Waals surface area contributed by atoms with E-state index in [0.29, 0.717) is 17.9 Å². The molecular formula is C26H30N2O4. The van der Waals surface area contributed by atoms with E-state index in [1.165, 1.54) is 0 Å². The van der Waals surface area contributed by atoms with Crippen molar-refractivity contribution in [3.8, 4) is 11.5 Å². The Bertz CT molecular complexity index is 969. The summed E-state index contributed by atoms with van der Waals surface area (Å²) in [5.41, 5.74) is 3.88. The molecule has 0 spiro atoms. The molecule has 0 saturated heterocycles. The van der Waals surface area contributed by atoms with E-state index < -0.39 is 0 Å². The van der Waals surface area contributed by atoms with Gasteiger partial charge in [0.1, 0.15) is 11.5 Å². The van der Waals surface area contributed by atoms with E-state index in [0.717, 1.165) is 67.2 Å². The molecule has 0 aromatic heterocycles. The Morgan fingerprint density at radius 2 is 1.19 bits per heavy atom. The number of amides is 2. The van der Waals surface area contributed by atoms with E-state index in [1.807, 2.05) is 24.3 Å². The van der Waals surface area contributed by atoms with Gasteiger partial charge in [-0.05, 0) is 79.3 Å². The lowest BCUT2D eigenvalue weighted by atomic mass is 9.80. The fourth-order valence-corrected chi connectivity index (χ4v) is 5.82. The number of carbonyl (C=O) groups excluding carboxylic acids is 2. The molecule has 6 heteroatoms. The smallest absolute Gasteiger partial charge is 0.223 e. The lowest BCUT2D eigenvalue weighted by Gasteiger charge is -2.29. The second-order valence-corrected chi connectivity index (χ2v) is 9.45. The van der Waals surface area contributed by atoms with Crippen LogP contribution in [0.2, 0.25) is 0 Å². The molecule has 6 nitrogen and oxygen atoms in total. The Labute approximate surface area is 188 Å². The average Bonchev–Trinajstić information content (AvgIpc) is 3.40. The van der Waals surface area contributed by atoms with E-state index in [4.69, 9.17) is 0 Å². The fourth-order valence-electron chi connectivity index (χ4n) is 5.82. The Kier molecular flexibility index (Phi) is 5.53. The molecule has 4 atom stereocenters. The summed E-state index contributed by atoms with van der Waals surface area (Å²) in [5, 5.41) is 26.4. The zero-order valence-electron chi connectivity index (χ0n) is 18.1. The number of rotatable bonds is 4. The monoisotopic (exact) mass is 434 g/mol. The summed E-state index contributed by atoms with van der Waals surface area (Å²) in [6.45, 7) is 0. The van der Waals surface area contributed by atoms with Gasteiger partial charge in [-0.25, -0.2) is 0 Å². The maximum atomic E-state index is 13.0. The van der Waals surface area contributed by atoms with Crippen LogP contribution in [0, 0.1) is 11.8 Å². The minimum Gasteiger partial charge on any atom is -0.508 e. The molecule has 5 rings (SSSR count). The predicted octanol–water partition coefficient (Wildman–Crippen LogP) is 3.81. The van der Waals surface area contributed by atoms with Gasteiger partial charge in [0.05, 0.1) is 12.1 Å². The first kappa shape index (κ1) is 20.9. The molecule has 0 bridgehead atoms. The third-order valence-corrected chi connectivity index (χ3v) is 7.54. The minimum atomic E-state index is -0.166. The molecule has 0 heterocycles. The van der Waals surface area contributed by atoms with Gasteiger partial charge in [0.15, 0.2) is 0 Å². The molecule has 4 unspecified atom stereocenters. The molecule has 1 saturated carbocycles. The normalized spacial score (nSPS) is 26.2. The molecule has 32 heavy (non-hydrogen) atoms. The van der Waals surface area contributed by atoms with Gasteiger partial charge in [0.25, 0.3) is 0 Å². The molecule has 2 amide bonds. The Balaban J connectivity index is 1.20. The van der Waals surface area contributed by atoms with Crippen molar-refractivity contribution >= 4 is 11.8 Å². The highest BCUT2D eigenvalue weighted by atomic mass is 16.3.